The summed E-state index contributed by atoms with van der Waals surface area (Å²) >= 11 is 0. The van der Waals surface area contributed by atoms with Crippen LogP contribution in [-0.2, 0) is 0 Å². The van der Waals surface area contributed by atoms with Crippen molar-refractivity contribution in [2.75, 3.05) is 20.1 Å². The Labute approximate surface area is 122 Å². The number of hydrogen-bond acceptors (Lipinski definition) is 1. The molecule has 0 bridgehead atoms. The van der Waals surface area contributed by atoms with Crippen molar-refractivity contribution in [1.29, 1.82) is 0 Å². The van der Waals surface area contributed by atoms with Crippen LogP contribution in [0.2, 0.25) is 0 Å². The fourth-order valence-corrected chi connectivity index (χ4v) is 2.50. The average molecular weight is 268 g/mol. The summed E-state index contributed by atoms with van der Waals surface area (Å²) in [6.45, 7) is 11.7. The van der Waals surface area contributed by atoms with Crippen molar-refractivity contribution in [1.82, 2.24) is 4.90 Å². The molecule has 0 heterocycles. The zero-order valence-electron chi connectivity index (χ0n) is 14.2. The predicted octanol–water partition coefficient (Wildman–Crippen LogP) is 5.66. The minimum atomic E-state index is 0.540. The summed E-state index contributed by atoms with van der Waals surface area (Å²) < 4.78 is 0. The van der Waals surface area contributed by atoms with Gasteiger partial charge in [-0.2, -0.15) is 0 Å². The molecule has 0 amide bonds. The van der Waals surface area contributed by atoms with Crippen molar-refractivity contribution in [3.05, 3.63) is 12.2 Å². The normalized spacial score (nSPS) is 12.7. The minimum absolute atomic E-state index is 0.540. The van der Waals surface area contributed by atoms with Crippen LogP contribution in [0, 0.1) is 5.41 Å². The van der Waals surface area contributed by atoms with Gasteiger partial charge in [0.2, 0.25) is 0 Å². The topological polar surface area (TPSA) is 3.24 Å². The SMILES string of the molecule is CC=CCCCCCCC(C)(C)CCCN(C)CC. The van der Waals surface area contributed by atoms with Crippen LogP contribution in [0.5, 0.6) is 0 Å². The van der Waals surface area contributed by atoms with Gasteiger partial charge in [0.25, 0.3) is 0 Å². The van der Waals surface area contributed by atoms with E-state index in [9.17, 15) is 0 Å². The molecule has 0 aromatic carbocycles. The third-order valence-corrected chi connectivity index (χ3v) is 4.14. The van der Waals surface area contributed by atoms with Crippen molar-refractivity contribution >= 4 is 0 Å². The first-order valence-corrected chi connectivity index (χ1v) is 8.31. The van der Waals surface area contributed by atoms with Gasteiger partial charge in [-0.05, 0) is 64.6 Å². The van der Waals surface area contributed by atoms with Gasteiger partial charge in [0.1, 0.15) is 0 Å². The van der Waals surface area contributed by atoms with Crippen LogP contribution in [0.1, 0.15) is 79.1 Å². The molecule has 0 aliphatic rings. The molecule has 0 aromatic rings. The second-order valence-corrected chi connectivity index (χ2v) is 6.69. The number of hydrogen-bond donors (Lipinski definition) is 0. The van der Waals surface area contributed by atoms with E-state index in [0.717, 1.165) is 0 Å². The fraction of sp³-hybridized carbons (Fsp3) is 0.889. The molecule has 0 unspecified atom stereocenters. The van der Waals surface area contributed by atoms with Crippen LogP contribution < -0.4 is 0 Å². The third-order valence-electron chi connectivity index (χ3n) is 4.14. The summed E-state index contributed by atoms with van der Waals surface area (Å²) in [5, 5.41) is 0. The summed E-state index contributed by atoms with van der Waals surface area (Å²) in [4.78, 5) is 2.41. The Morgan fingerprint density at radius 1 is 0.947 bits per heavy atom. The molecule has 0 spiro atoms. The van der Waals surface area contributed by atoms with E-state index < -0.39 is 0 Å². The number of unbranched alkanes of at least 4 members (excludes halogenated alkanes) is 4. The quantitative estimate of drug-likeness (QED) is 0.326. The molecule has 0 aliphatic carbocycles. The molecule has 0 saturated carbocycles. The lowest BCUT2D eigenvalue weighted by atomic mass is 9.82. The Morgan fingerprint density at radius 2 is 1.58 bits per heavy atom. The first kappa shape index (κ1) is 18.7. The third kappa shape index (κ3) is 12.5. The van der Waals surface area contributed by atoms with Crippen LogP contribution in [0.15, 0.2) is 12.2 Å². The van der Waals surface area contributed by atoms with Gasteiger partial charge in [0.05, 0.1) is 0 Å². The Bertz CT molecular complexity index is 218. The van der Waals surface area contributed by atoms with Crippen LogP contribution in [0.25, 0.3) is 0 Å². The van der Waals surface area contributed by atoms with Crippen LogP contribution in [-0.4, -0.2) is 25.0 Å². The van der Waals surface area contributed by atoms with Crippen molar-refractivity contribution in [3.63, 3.8) is 0 Å². The van der Waals surface area contributed by atoms with E-state index in [-0.39, 0.29) is 0 Å². The maximum atomic E-state index is 2.44. The van der Waals surface area contributed by atoms with Gasteiger partial charge in [-0.25, -0.2) is 0 Å². The molecule has 0 aliphatic heterocycles. The maximum absolute atomic E-state index is 2.44. The van der Waals surface area contributed by atoms with E-state index in [2.05, 4.69) is 51.8 Å². The first-order chi connectivity index (χ1) is 9.02. The highest BCUT2D eigenvalue weighted by Crippen LogP contribution is 2.29. The molecule has 1 nitrogen and oxygen atoms in total. The molecule has 114 valence electrons. The number of nitrogens with zero attached hydrogens (tertiary/aromatic N) is 1. The van der Waals surface area contributed by atoms with Gasteiger partial charge >= 0.3 is 0 Å². The van der Waals surface area contributed by atoms with Crippen molar-refractivity contribution in [2.24, 2.45) is 5.41 Å². The summed E-state index contributed by atoms with van der Waals surface area (Å²) in [5.41, 5.74) is 0.540. The lowest BCUT2D eigenvalue weighted by molar-refractivity contribution is 0.257. The van der Waals surface area contributed by atoms with E-state index in [1.54, 1.807) is 0 Å². The summed E-state index contributed by atoms with van der Waals surface area (Å²) in [6, 6.07) is 0. The Morgan fingerprint density at radius 3 is 2.21 bits per heavy atom. The largest absolute Gasteiger partial charge is 0.307 e. The highest BCUT2D eigenvalue weighted by molar-refractivity contribution is 4.76. The predicted molar refractivity (Wildman–Crippen MR) is 88.7 cm³/mol. The molecule has 0 fully saturated rings. The van der Waals surface area contributed by atoms with Gasteiger partial charge in [-0.1, -0.05) is 52.2 Å². The molecule has 1 heteroatoms. The van der Waals surface area contributed by atoms with Gasteiger partial charge in [0.15, 0.2) is 0 Å². The van der Waals surface area contributed by atoms with Gasteiger partial charge in [-0.3, -0.25) is 0 Å². The second kappa shape index (κ2) is 11.5. The first-order valence-electron chi connectivity index (χ1n) is 8.31. The molecule has 0 atom stereocenters. The minimum Gasteiger partial charge on any atom is -0.307 e. The maximum Gasteiger partial charge on any atom is -0.00217 e. The highest BCUT2D eigenvalue weighted by Gasteiger charge is 2.16. The fourth-order valence-electron chi connectivity index (χ4n) is 2.50. The second-order valence-electron chi connectivity index (χ2n) is 6.69. The lowest BCUT2D eigenvalue weighted by Gasteiger charge is -2.25. The van der Waals surface area contributed by atoms with Gasteiger partial charge < -0.3 is 4.90 Å². The molecule has 0 saturated heterocycles. The zero-order chi connectivity index (χ0) is 14.6. The highest BCUT2D eigenvalue weighted by atomic mass is 15.1. The number of allylic oxidation sites excluding steroid dienone is 2. The van der Waals surface area contributed by atoms with Crippen molar-refractivity contribution < 1.29 is 0 Å². The molecular weight excluding hydrogens is 230 g/mol. The van der Waals surface area contributed by atoms with E-state index >= 15 is 0 Å². The molecular formula is C18H37N. The van der Waals surface area contributed by atoms with E-state index in [4.69, 9.17) is 0 Å². The Hall–Kier alpha value is -0.300. The molecule has 0 aromatic heterocycles. The summed E-state index contributed by atoms with van der Waals surface area (Å²) in [7, 11) is 2.22. The molecule has 0 radical (unpaired) electrons. The molecule has 0 rings (SSSR count). The number of rotatable bonds is 12. The summed E-state index contributed by atoms with van der Waals surface area (Å²) in [6.07, 6.45) is 15.4. The van der Waals surface area contributed by atoms with Crippen molar-refractivity contribution in [3.8, 4) is 0 Å². The standard InChI is InChI=1S/C18H37N/c1-6-8-9-10-11-12-13-15-18(3,4)16-14-17-19(5)7-2/h6,8H,7,9-17H2,1-5H3. The van der Waals surface area contributed by atoms with E-state index in [1.165, 1.54) is 64.5 Å². The monoisotopic (exact) mass is 267 g/mol. The smallest absolute Gasteiger partial charge is 0.00217 e. The van der Waals surface area contributed by atoms with Crippen LogP contribution in [0.3, 0.4) is 0 Å². The van der Waals surface area contributed by atoms with Crippen LogP contribution in [0.4, 0.5) is 0 Å². The van der Waals surface area contributed by atoms with Crippen molar-refractivity contribution in [2.45, 2.75) is 79.1 Å². The molecule has 0 N–H and O–H groups in total. The van der Waals surface area contributed by atoms with E-state index in [1.807, 2.05) is 0 Å². The zero-order valence-corrected chi connectivity index (χ0v) is 14.2. The lowest BCUT2D eigenvalue weighted by Crippen LogP contribution is -2.21. The summed E-state index contributed by atoms with van der Waals surface area (Å²) in [5.74, 6) is 0. The van der Waals surface area contributed by atoms with E-state index in [0.29, 0.717) is 5.41 Å². The van der Waals surface area contributed by atoms with Gasteiger partial charge in [-0.15, -0.1) is 0 Å². The Kier molecular flexibility index (Phi) is 11.3. The van der Waals surface area contributed by atoms with Gasteiger partial charge in [0, 0.05) is 0 Å². The van der Waals surface area contributed by atoms with Crippen LogP contribution >= 0.6 is 0 Å². The Balaban J connectivity index is 3.50. The average Bonchev–Trinajstić information content (AvgIpc) is 2.37. The molecule has 19 heavy (non-hydrogen) atoms.